The van der Waals surface area contributed by atoms with Crippen LogP contribution in [0.5, 0.6) is 11.5 Å². The second kappa shape index (κ2) is 4.54. The molecular weight excluding hydrogens is 219 g/mol. The molecule has 2 aromatic carbocycles. The summed E-state index contributed by atoms with van der Waals surface area (Å²) < 4.78 is 18.6. The molecule has 0 saturated heterocycles. The molecule has 0 fully saturated rings. The van der Waals surface area contributed by atoms with Crippen LogP contribution in [0.2, 0.25) is 0 Å². The number of nitriles is 1. The van der Waals surface area contributed by atoms with Crippen LogP contribution in [-0.2, 0) is 0 Å². The van der Waals surface area contributed by atoms with Crippen LogP contribution >= 0.6 is 0 Å². The maximum atomic E-state index is 13.3. The van der Waals surface area contributed by atoms with E-state index in [9.17, 15) is 4.39 Å². The Morgan fingerprint density at radius 1 is 1.18 bits per heavy atom. The van der Waals surface area contributed by atoms with E-state index in [1.54, 1.807) is 18.2 Å². The highest BCUT2D eigenvalue weighted by molar-refractivity contribution is 5.57. The van der Waals surface area contributed by atoms with Crippen LogP contribution in [0.3, 0.4) is 0 Å². The third-order valence-electron chi connectivity index (χ3n) is 2.21. The standard InChI is InChI=1S/C13H9FN2O/c14-11-3-1-2-4-13(11)17-10-6-5-9(8-15)12(16)7-10/h1-7H,16H2. The van der Waals surface area contributed by atoms with Crippen LogP contribution in [0.25, 0.3) is 0 Å². The molecule has 0 heterocycles. The molecule has 0 unspecified atom stereocenters. The highest BCUT2D eigenvalue weighted by Gasteiger charge is 2.05. The number of nitrogens with zero attached hydrogens (tertiary/aromatic N) is 1. The molecule has 2 rings (SSSR count). The number of benzene rings is 2. The highest BCUT2D eigenvalue weighted by atomic mass is 19.1. The number of anilines is 1. The van der Waals surface area contributed by atoms with Gasteiger partial charge in [0.15, 0.2) is 11.6 Å². The average Bonchev–Trinajstić information content (AvgIpc) is 2.32. The lowest BCUT2D eigenvalue weighted by molar-refractivity contribution is 0.442. The molecule has 0 aliphatic rings. The van der Waals surface area contributed by atoms with Crippen molar-refractivity contribution in [3.8, 4) is 17.6 Å². The fourth-order valence-electron chi connectivity index (χ4n) is 1.36. The van der Waals surface area contributed by atoms with Gasteiger partial charge in [0.05, 0.1) is 11.3 Å². The number of hydrogen-bond acceptors (Lipinski definition) is 3. The molecule has 0 bridgehead atoms. The van der Waals surface area contributed by atoms with Crippen molar-refractivity contribution in [2.45, 2.75) is 0 Å². The Hall–Kier alpha value is -2.54. The summed E-state index contributed by atoms with van der Waals surface area (Å²) in [6.45, 7) is 0. The van der Waals surface area contributed by atoms with Gasteiger partial charge in [-0.1, -0.05) is 12.1 Å². The molecule has 0 aliphatic heterocycles. The Balaban J connectivity index is 2.29. The monoisotopic (exact) mass is 228 g/mol. The van der Waals surface area contributed by atoms with Crippen molar-refractivity contribution in [1.82, 2.24) is 0 Å². The fourth-order valence-corrected chi connectivity index (χ4v) is 1.36. The Bertz CT molecular complexity index is 590. The summed E-state index contributed by atoms with van der Waals surface area (Å²) in [5.74, 6) is 0.0682. The van der Waals surface area contributed by atoms with Crippen molar-refractivity contribution >= 4 is 5.69 Å². The minimum Gasteiger partial charge on any atom is -0.454 e. The Morgan fingerprint density at radius 3 is 2.59 bits per heavy atom. The van der Waals surface area contributed by atoms with Crippen LogP contribution in [0.15, 0.2) is 42.5 Å². The van der Waals surface area contributed by atoms with Gasteiger partial charge in [0.1, 0.15) is 11.8 Å². The van der Waals surface area contributed by atoms with Gasteiger partial charge in [-0.25, -0.2) is 4.39 Å². The summed E-state index contributed by atoms with van der Waals surface area (Å²) >= 11 is 0. The summed E-state index contributed by atoms with van der Waals surface area (Å²) in [5, 5.41) is 8.71. The zero-order valence-corrected chi connectivity index (χ0v) is 8.85. The molecule has 2 N–H and O–H groups in total. The Morgan fingerprint density at radius 2 is 1.94 bits per heavy atom. The predicted octanol–water partition coefficient (Wildman–Crippen LogP) is 3.07. The summed E-state index contributed by atoms with van der Waals surface area (Å²) in [5.41, 5.74) is 6.30. The first-order valence-corrected chi connectivity index (χ1v) is 4.92. The van der Waals surface area contributed by atoms with Crippen LogP contribution in [0, 0.1) is 17.1 Å². The lowest BCUT2D eigenvalue weighted by atomic mass is 10.2. The zero-order valence-electron chi connectivity index (χ0n) is 8.85. The van der Waals surface area contributed by atoms with E-state index in [2.05, 4.69) is 0 Å². The molecule has 0 spiro atoms. The molecule has 0 aliphatic carbocycles. The first-order valence-electron chi connectivity index (χ1n) is 4.92. The number of hydrogen-bond donors (Lipinski definition) is 1. The molecule has 0 aromatic heterocycles. The Kier molecular flexibility index (Phi) is 2.93. The minimum atomic E-state index is -0.449. The van der Waals surface area contributed by atoms with Crippen LogP contribution in [0.4, 0.5) is 10.1 Å². The number of nitrogen functional groups attached to an aromatic ring is 1. The number of para-hydroxylation sites is 1. The van der Waals surface area contributed by atoms with Gasteiger partial charge in [-0.15, -0.1) is 0 Å². The van der Waals surface area contributed by atoms with Gasteiger partial charge in [0, 0.05) is 6.07 Å². The molecule has 3 nitrogen and oxygen atoms in total. The third kappa shape index (κ3) is 2.34. The van der Waals surface area contributed by atoms with Crippen molar-refractivity contribution in [3.05, 3.63) is 53.8 Å². The van der Waals surface area contributed by atoms with Gasteiger partial charge < -0.3 is 10.5 Å². The summed E-state index contributed by atoms with van der Waals surface area (Å²) in [7, 11) is 0. The van der Waals surface area contributed by atoms with E-state index >= 15 is 0 Å². The van der Waals surface area contributed by atoms with E-state index in [1.807, 2.05) is 6.07 Å². The molecule has 0 amide bonds. The van der Waals surface area contributed by atoms with Gasteiger partial charge in [-0.3, -0.25) is 0 Å². The number of halogens is 1. The van der Waals surface area contributed by atoms with Crippen LogP contribution in [-0.4, -0.2) is 0 Å². The van der Waals surface area contributed by atoms with Crippen molar-refractivity contribution < 1.29 is 9.13 Å². The van der Waals surface area contributed by atoms with Crippen molar-refractivity contribution in [3.63, 3.8) is 0 Å². The van der Waals surface area contributed by atoms with Crippen molar-refractivity contribution in [2.24, 2.45) is 0 Å². The molecule has 0 saturated carbocycles. The van der Waals surface area contributed by atoms with Gasteiger partial charge in [0.25, 0.3) is 0 Å². The van der Waals surface area contributed by atoms with Gasteiger partial charge in [-0.05, 0) is 24.3 Å². The van der Waals surface area contributed by atoms with E-state index in [1.165, 1.54) is 24.3 Å². The Labute approximate surface area is 97.9 Å². The number of nitrogens with two attached hydrogens (primary N) is 1. The SMILES string of the molecule is N#Cc1ccc(Oc2ccccc2F)cc1N. The second-order valence-corrected chi connectivity index (χ2v) is 3.39. The number of rotatable bonds is 2. The smallest absolute Gasteiger partial charge is 0.165 e. The molecule has 0 atom stereocenters. The van der Waals surface area contributed by atoms with E-state index in [4.69, 9.17) is 15.7 Å². The maximum absolute atomic E-state index is 13.3. The summed E-state index contributed by atoms with van der Waals surface area (Å²) in [6.07, 6.45) is 0. The lowest BCUT2D eigenvalue weighted by Gasteiger charge is -2.07. The lowest BCUT2D eigenvalue weighted by Crippen LogP contribution is -1.93. The van der Waals surface area contributed by atoms with Gasteiger partial charge >= 0.3 is 0 Å². The molecule has 2 aromatic rings. The summed E-state index contributed by atoms with van der Waals surface area (Å²) in [6, 6.07) is 12.6. The molecule has 4 heteroatoms. The number of ether oxygens (including phenoxy) is 1. The van der Waals surface area contributed by atoms with Gasteiger partial charge in [-0.2, -0.15) is 5.26 Å². The largest absolute Gasteiger partial charge is 0.454 e. The molecule has 0 radical (unpaired) electrons. The quantitative estimate of drug-likeness (QED) is 0.803. The van der Waals surface area contributed by atoms with E-state index < -0.39 is 5.82 Å². The van der Waals surface area contributed by atoms with E-state index in [-0.39, 0.29) is 5.75 Å². The normalized spacial score (nSPS) is 9.65. The van der Waals surface area contributed by atoms with Crippen LogP contribution in [0.1, 0.15) is 5.56 Å². The molecule has 17 heavy (non-hydrogen) atoms. The predicted molar refractivity (Wildman–Crippen MR) is 62.0 cm³/mol. The van der Waals surface area contributed by atoms with Crippen LogP contribution < -0.4 is 10.5 Å². The second-order valence-electron chi connectivity index (χ2n) is 3.39. The average molecular weight is 228 g/mol. The van der Waals surface area contributed by atoms with Gasteiger partial charge in [0.2, 0.25) is 0 Å². The zero-order chi connectivity index (χ0) is 12.3. The fraction of sp³-hybridized carbons (Fsp3) is 0. The van der Waals surface area contributed by atoms with E-state index in [0.717, 1.165) is 0 Å². The minimum absolute atomic E-state index is 0.122. The summed E-state index contributed by atoms with van der Waals surface area (Å²) in [4.78, 5) is 0. The first-order chi connectivity index (χ1) is 8.20. The topological polar surface area (TPSA) is 59.0 Å². The first kappa shape index (κ1) is 11.0. The van der Waals surface area contributed by atoms with Crippen molar-refractivity contribution in [1.29, 1.82) is 5.26 Å². The maximum Gasteiger partial charge on any atom is 0.165 e. The molecule has 84 valence electrons. The third-order valence-corrected chi connectivity index (χ3v) is 2.21. The molecular formula is C13H9FN2O. The van der Waals surface area contributed by atoms with E-state index in [0.29, 0.717) is 17.0 Å². The van der Waals surface area contributed by atoms with Crippen molar-refractivity contribution in [2.75, 3.05) is 5.73 Å². The highest BCUT2D eigenvalue weighted by Crippen LogP contribution is 2.26.